The van der Waals surface area contributed by atoms with Gasteiger partial charge >= 0.3 is 0 Å². The van der Waals surface area contributed by atoms with E-state index in [-0.39, 0.29) is 0 Å². The Bertz CT molecular complexity index is 437. The molecule has 92 valence electrons. The predicted octanol–water partition coefficient (Wildman–Crippen LogP) is 2.49. The molecule has 0 aliphatic carbocycles. The van der Waals surface area contributed by atoms with Crippen molar-refractivity contribution in [2.24, 2.45) is 0 Å². The van der Waals surface area contributed by atoms with Crippen molar-refractivity contribution in [3.05, 3.63) is 28.8 Å². The molecule has 0 bridgehead atoms. The van der Waals surface area contributed by atoms with Crippen molar-refractivity contribution in [2.75, 3.05) is 31.6 Å². The average Bonchev–Trinajstić information content (AvgIpc) is 2.50. The van der Waals surface area contributed by atoms with Gasteiger partial charge in [0.1, 0.15) is 0 Å². The zero-order valence-electron chi connectivity index (χ0n) is 11.1. The molecule has 3 rings (SSSR count). The topological polar surface area (TPSA) is 15.3 Å². The molecule has 2 heterocycles. The third-order valence-electron chi connectivity index (χ3n) is 4.21. The van der Waals surface area contributed by atoms with Gasteiger partial charge in [0.25, 0.3) is 0 Å². The molecule has 1 N–H and O–H groups in total. The molecule has 0 saturated heterocycles. The first-order chi connectivity index (χ1) is 8.18. The molecule has 2 heteroatoms. The second kappa shape index (κ2) is 4.02. The van der Waals surface area contributed by atoms with Crippen LogP contribution < -0.4 is 10.2 Å². The Morgan fingerprint density at radius 1 is 1.35 bits per heavy atom. The van der Waals surface area contributed by atoms with E-state index in [0.717, 1.165) is 13.1 Å². The minimum Gasteiger partial charge on any atom is -0.373 e. The summed E-state index contributed by atoms with van der Waals surface area (Å²) in [7, 11) is 2.25. The lowest BCUT2D eigenvalue weighted by Crippen LogP contribution is -2.25. The highest BCUT2D eigenvalue weighted by molar-refractivity contribution is 5.68. The molecule has 0 fully saturated rings. The van der Waals surface area contributed by atoms with Crippen LogP contribution in [-0.4, -0.2) is 26.7 Å². The Kier molecular flexibility index (Phi) is 2.62. The minimum absolute atomic E-state index is 0.618. The molecular weight excluding hydrogens is 208 g/mol. The molecule has 2 aliphatic heterocycles. The van der Waals surface area contributed by atoms with Gasteiger partial charge in [0.15, 0.2) is 0 Å². The number of nitrogens with one attached hydrogen (secondary N) is 1. The van der Waals surface area contributed by atoms with Crippen LogP contribution in [0.25, 0.3) is 0 Å². The van der Waals surface area contributed by atoms with Gasteiger partial charge in [0.05, 0.1) is 0 Å². The smallest absolute Gasteiger partial charge is 0.0438 e. The number of nitrogens with zero attached hydrogens (tertiary/aromatic N) is 1. The lowest BCUT2D eigenvalue weighted by atomic mass is 9.90. The Labute approximate surface area is 104 Å². The van der Waals surface area contributed by atoms with E-state index >= 15 is 0 Å². The Hall–Kier alpha value is -1.02. The normalized spacial score (nSPS) is 22.8. The van der Waals surface area contributed by atoms with Crippen molar-refractivity contribution in [3.8, 4) is 0 Å². The van der Waals surface area contributed by atoms with Crippen LogP contribution in [0.5, 0.6) is 0 Å². The van der Waals surface area contributed by atoms with E-state index in [1.54, 1.807) is 11.1 Å². The van der Waals surface area contributed by atoms with Gasteiger partial charge in [-0.15, -0.1) is 0 Å². The first-order valence-corrected chi connectivity index (χ1v) is 6.76. The Morgan fingerprint density at radius 3 is 2.94 bits per heavy atom. The molecule has 0 aromatic heterocycles. The summed E-state index contributed by atoms with van der Waals surface area (Å²) in [6.45, 7) is 8.06. The first kappa shape index (κ1) is 11.1. The predicted molar refractivity (Wildman–Crippen MR) is 73.1 cm³/mol. The third-order valence-corrected chi connectivity index (χ3v) is 4.21. The summed E-state index contributed by atoms with van der Waals surface area (Å²) in [6, 6.07) is 4.72. The van der Waals surface area contributed by atoms with Crippen molar-refractivity contribution < 1.29 is 0 Å². The monoisotopic (exact) mass is 230 g/mol. The zero-order chi connectivity index (χ0) is 12.0. The lowest BCUT2D eigenvalue weighted by molar-refractivity contribution is 0.625. The highest BCUT2D eigenvalue weighted by Gasteiger charge is 2.32. The first-order valence-electron chi connectivity index (χ1n) is 6.76. The molecule has 1 unspecified atom stereocenters. The molecule has 0 spiro atoms. The molecule has 0 radical (unpaired) electrons. The maximum absolute atomic E-state index is 3.57. The van der Waals surface area contributed by atoms with E-state index in [1.165, 1.54) is 24.2 Å². The summed E-state index contributed by atoms with van der Waals surface area (Å²) >= 11 is 0. The van der Waals surface area contributed by atoms with E-state index in [0.29, 0.717) is 11.8 Å². The quantitative estimate of drug-likeness (QED) is 0.797. The summed E-state index contributed by atoms with van der Waals surface area (Å²) in [5, 5.41) is 3.57. The van der Waals surface area contributed by atoms with E-state index in [2.05, 4.69) is 43.2 Å². The van der Waals surface area contributed by atoms with E-state index in [4.69, 9.17) is 0 Å². The number of hydrogen-bond acceptors (Lipinski definition) is 2. The second-order valence-corrected chi connectivity index (χ2v) is 5.76. The third kappa shape index (κ3) is 1.66. The van der Waals surface area contributed by atoms with E-state index in [1.807, 2.05) is 0 Å². The van der Waals surface area contributed by atoms with Crippen LogP contribution in [-0.2, 0) is 6.42 Å². The Morgan fingerprint density at radius 2 is 2.18 bits per heavy atom. The van der Waals surface area contributed by atoms with E-state index < -0.39 is 0 Å². The molecule has 1 aromatic carbocycles. The van der Waals surface area contributed by atoms with Gasteiger partial charge in [-0.05, 0) is 35.6 Å². The van der Waals surface area contributed by atoms with Crippen LogP contribution in [0.1, 0.15) is 42.4 Å². The molecule has 2 aliphatic rings. The summed E-state index contributed by atoms with van der Waals surface area (Å²) in [6.07, 6.45) is 1.19. The van der Waals surface area contributed by atoms with Gasteiger partial charge < -0.3 is 10.2 Å². The molecule has 1 atom stereocenters. The van der Waals surface area contributed by atoms with Crippen molar-refractivity contribution in [1.29, 1.82) is 0 Å². The maximum atomic E-state index is 3.57. The highest BCUT2D eigenvalue weighted by atomic mass is 15.1. The van der Waals surface area contributed by atoms with Gasteiger partial charge in [-0.2, -0.15) is 0 Å². The van der Waals surface area contributed by atoms with Gasteiger partial charge in [0, 0.05) is 31.7 Å². The van der Waals surface area contributed by atoms with Crippen molar-refractivity contribution in [2.45, 2.75) is 32.1 Å². The number of likely N-dealkylation sites (N-methyl/N-ethyl adjacent to an activating group) is 1. The molecule has 1 aromatic rings. The van der Waals surface area contributed by atoms with Crippen LogP contribution >= 0.6 is 0 Å². The van der Waals surface area contributed by atoms with E-state index in [9.17, 15) is 0 Å². The standard InChI is InChI=1S/C15H22N2/c1-10(2)13-5-4-11-6-7-16-8-12-9-17(3)15(13)14(11)12/h4-5,10,12,16H,6-9H2,1-3H3. The number of anilines is 1. The van der Waals surface area contributed by atoms with Crippen molar-refractivity contribution >= 4 is 5.69 Å². The van der Waals surface area contributed by atoms with Crippen LogP contribution in [0.2, 0.25) is 0 Å². The van der Waals surface area contributed by atoms with Gasteiger partial charge in [0.2, 0.25) is 0 Å². The molecule has 0 amide bonds. The van der Waals surface area contributed by atoms with Crippen LogP contribution in [0.4, 0.5) is 5.69 Å². The fraction of sp³-hybridized carbons (Fsp3) is 0.600. The Balaban J connectivity index is 2.19. The maximum Gasteiger partial charge on any atom is 0.0438 e. The molecule has 2 nitrogen and oxygen atoms in total. The highest BCUT2D eigenvalue weighted by Crippen LogP contribution is 2.43. The summed E-state index contributed by atoms with van der Waals surface area (Å²) in [5.41, 5.74) is 6.27. The van der Waals surface area contributed by atoms with Gasteiger partial charge in [-0.3, -0.25) is 0 Å². The summed E-state index contributed by atoms with van der Waals surface area (Å²) in [4.78, 5) is 2.46. The molecule has 0 saturated carbocycles. The molecular formula is C15H22N2. The van der Waals surface area contributed by atoms with Gasteiger partial charge in [-0.25, -0.2) is 0 Å². The summed E-state index contributed by atoms with van der Waals surface area (Å²) in [5.74, 6) is 1.32. The summed E-state index contributed by atoms with van der Waals surface area (Å²) < 4.78 is 0. The SMILES string of the molecule is CC(C)c1ccc2c3c1N(C)CC3CNCC2. The van der Waals surface area contributed by atoms with Crippen LogP contribution in [0.3, 0.4) is 0 Å². The van der Waals surface area contributed by atoms with Gasteiger partial charge in [-0.1, -0.05) is 26.0 Å². The fourth-order valence-electron chi connectivity index (χ4n) is 3.41. The number of benzene rings is 1. The van der Waals surface area contributed by atoms with Crippen molar-refractivity contribution in [1.82, 2.24) is 5.32 Å². The second-order valence-electron chi connectivity index (χ2n) is 5.76. The number of rotatable bonds is 1. The lowest BCUT2D eigenvalue weighted by Gasteiger charge is -2.20. The number of hydrogen-bond donors (Lipinski definition) is 1. The van der Waals surface area contributed by atoms with Crippen LogP contribution in [0, 0.1) is 0 Å². The zero-order valence-corrected chi connectivity index (χ0v) is 11.1. The van der Waals surface area contributed by atoms with Crippen molar-refractivity contribution in [3.63, 3.8) is 0 Å². The largest absolute Gasteiger partial charge is 0.373 e. The van der Waals surface area contributed by atoms with Crippen LogP contribution in [0.15, 0.2) is 12.1 Å². The molecule has 17 heavy (non-hydrogen) atoms. The fourth-order valence-corrected chi connectivity index (χ4v) is 3.41. The minimum atomic E-state index is 0.618. The average molecular weight is 230 g/mol.